The van der Waals surface area contributed by atoms with Crippen LogP contribution in [0.4, 0.5) is 8.78 Å². The lowest BCUT2D eigenvalue weighted by molar-refractivity contribution is -0.143. The average molecular weight is 529 g/mol. The molecule has 2 N–H and O–H groups in total. The first-order valence-electron chi connectivity index (χ1n) is 9.59. The number of rotatable bonds is 10. The fourth-order valence-electron chi connectivity index (χ4n) is 2.67. The fraction of sp³-hybridized carbons (Fsp3) is 0.300. The Morgan fingerprint density at radius 3 is 2.70 bits per heavy atom. The van der Waals surface area contributed by atoms with Gasteiger partial charge in [-0.2, -0.15) is 8.78 Å². The van der Waals surface area contributed by atoms with Gasteiger partial charge < -0.3 is 24.5 Å². The van der Waals surface area contributed by atoms with Gasteiger partial charge in [0.2, 0.25) is 5.88 Å². The minimum atomic E-state index is -2.91. The number of ether oxygens (including phenoxy) is 3. The van der Waals surface area contributed by atoms with Crippen LogP contribution < -0.4 is 20.8 Å². The molecule has 0 aliphatic heterocycles. The molecule has 0 aliphatic carbocycles. The van der Waals surface area contributed by atoms with E-state index in [1.807, 2.05) is 0 Å². The Hall–Kier alpha value is -3.32. The summed E-state index contributed by atoms with van der Waals surface area (Å²) in [6.45, 7) is -1.43. The molecular weight excluding hydrogens is 510 g/mol. The molecule has 13 heteroatoms. The highest BCUT2D eigenvalue weighted by atomic mass is 79.9. The maximum atomic E-state index is 12.4. The molecule has 2 heterocycles. The lowest BCUT2D eigenvalue weighted by Crippen LogP contribution is -2.27. The van der Waals surface area contributed by atoms with Crippen LogP contribution in [0.1, 0.15) is 18.7 Å². The van der Waals surface area contributed by atoms with E-state index in [1.165, 1.54) is 18.5 Å². The maximum absolute atomic E-state index is 12.4. The average Bonchev–Trinajstić information content (AvgIpc) is 3.27. The summed E-state index contributed by atoms with van der Waals surface area (Å²) in [5.41, 5.74) is 6.60. The molecule has 0 unspecified atom stereocenters. The molecule has 10 nitrogen and oxygen atoms in total. The number of nitrogens with two attached hydrogens (primary N) is 1. The zero-order valence-corrected chi connectivity index (χ0v) is 18.8. The van der Waals surface area contributed by atoms with Gasteiger partial charge in [0.1, 0.15) is 41.4 Å². The minimum absolute atomic E-state index is 0.00934. The number of benzene rings is 1. The van der Waals surface area contributed by atoms with Gasteiger partial charge in [0.15, 0.2) is 5.76 Å². The van der Waals surface area contributed by atoms with Gasteiger partial charge in [0.05, 0.1) is 6.61 Å². The Labute approximate surface area is 194 Å². The van der Waals surface area contributed by atoms with Gasteiger partial charge in [-0.15, -0.1) is 0 Å². The minimum Gasteiger partial charge on any atom is -0.475 e. The van der Waals surface area contributed by atoms with E-state index in [-0.39, 0.29) is 35.9 Å². The number of hydrogen-bond donors (Lipinski definition) is 1. The van der Waals surface area contributed by atoms with Crippen LogP contribution in [0.2, 0.25) is 0 Å². The zero-order chi connectivity index (χ0) is 24.0. The van der Waals surface area contributed by atoms with Crippen LogP contribution in [-0.4, -0.2) is 40.5 Å². The van der Waals surface area contributed by atoms with Gasteiger partial charge in [-0.1, -0.05) is 5.16 Å². The summed E-state index contributed by atoms with van der Waals surface area (Å²) < 4.78 is 45.5. The normalized spacial score (nSPS) is 11.9. The second-order valence-electron chi connectivity index (χ2n) is 6.54. The van der Waals surface area contributed by atoms with Crippen LogP contribution >= 0.6 is 15.9 Å². The Kier molecular flexibility index (Phi) is 8.11. The second kappa shape index (κ2) is 11.0. The van der Waals surface area contributed by atoms with Crippen LogP contribution in [0.3, 0.4) is 0 Å². The summed E-state index contributed by atoms with van der Waals surface area (Å²) in [4.78, 5) is 28.0. The lowest BCUT2D eigenvalue weighted by Gasteiger charge is -2.12. The highest BCUT2D eigenvalue weighted by Crippen LogP contribution is 2.25. The summed E-state index contributed by atoms with van der Waals surface area (Å²) >= 11 is 3.11. The van der Waals surface area contributed by atoms with Crippen molar-refractivity contribution in [1.29, 1.82) is 0 Å². The topological polar surface area (TPSA) is 132 Å². The number of carbonyl (C=O) groups excluding carboxylic acids is 1. The van der Waals surface area contributed by atoms with Crippen LogP contribution in [0.15, 0.2) is 50.4 Å². The van der Waals surface area contributed by atoms with Crippen LogP contribution in [0.5, 0.6) is 11.6 Å². The van der Waals surface area contributed by atoms with Gasteiger partial charge in [-0.05, 0) is 47.1 Å². The van der Waals surface area contributed by atoms with E-state index in [0.29, 0.717) is 17.0 Å². The van der Waals surface area contributed by atoms with Gasteiger partial charge >= 0.3 is 12.6 Å². The quantitative estimate of drug-likeness (QED) is 0.394. The monoisotopic (exact) mass is 528 g/mol. The summed E-state index contributed by atoms with van der Waals surface area (Å²) in [5.74, 6) is -0.263. The highest BCUT2D eigenvalue weighted by molar-refractivity contribution is 9.10. The molecule has 0 saturated carbocycles. The molecule has 0 aliphatic rings. The highest BCUT2D eigenvalue weighted by Gasteiger charge is 2.18. The smallest absolute Gasteiger partial charge is 0.387 e. The summed E-state index contributed by atoms with van der Waals surface area (Å²) in [6, 6.07) is 6.69. The van der Waals surface area contributed by atoms with Crippen molar-refractivity contribution in [3.8, 4) is 22.9 Å². The predicted octanol–water partition coefficient (Wildman–Crippen LogP) is 2.90. The molecule has 3 aromatic rings. The van der Waals surface area contributed by atoms with Crippen LogP contribution in [0.25, 0.3) is 11.3 Å². The molecule has 0 amide bonds. The first-order valence-corrected chi connectivity index (χ1v) is 10.4. The Morgan fingerprint density at radius 1 is 1.30 bits per heavy atom. The van der Waals surface area contributed by atoms with Gasteiger partial charge in [-0.3, -0.25) is 14.2 Å². The second-order valence-corrected chi connectivity index (χ2v) is 7.33. The Balaban J connectivity index is 1.63. The fourth-order valence-corrected chi connectivity index (χ4v) is 3.11. The number of nitrogens with zero attached hydrogens (tertiary/aromatic N) is 3. The van der Waals surface area contributed by atoms with Crippen molar-refractivity contribution < 1.29 is 32.3 Å². The zero-order valence-electron chi connectivity index (χ0n) is 17.2. The third-order valence-corrected chi connectivity index (χ3v) is 4.90. The molecule has 33 heavy (non-hydrogen) atoms. The molecule has 3 rings (SSSR count). The van der Waals surface area contributed by atoms with E-state index in [4.69, 9.17) is 19.7 Å². The van der Waals surface area contributed by atoms with Crippen molar-refractivity contribution in [2.75, 3.05) is 13.2 Å². The molecule has 176 valence electrons. The molecule has 1 aromatic carbocycles. The molecule has 0 saturated heterocycles. The summed E-state index contributed by atoms with van der Waals surface area (Å²) in [6.07, 6.45) is 1.17. The van der Waals surface area contributed by atoms with Crippen LogP contribution in [-0.2, 0) is 16.1 Å². The standard InChI is InChI=1S/C20H19BrF2N4O6/c1-2-30-16(28)8-27-10-25-18(17(21)19(27)29)31-9-13(24)15-7-14(26-33-15)11-3-5-12(6-4-11)32-20(22)23/h3-7,10,13,20H,2,8-9,24H2,1H3/t13-/m0/s1. The maximum Gasteiger partial charge on any atom is 0.387 e. The van der Waals surface area contributed by atoms with Gasteiger partial charge in [-0.25, -0.2) is 4.98 Å². The van der Waals surface area contributed by atoms with Crippen molar-refractivity contribution in [1.82, 2.24) is 14.7 Å². The van der Waals surface area contributed by atoms with Crippen molar-refractivity contribution in [2.45, 2.75) is 26.1 Å². The molecule has 1 atom stereocenters. The van der Waals surface area contributed by atoms with E-state index in [0.717, 1.165) is 4.57 Å². The van der Waals surface area contributed by atoms with E-state index in [1.54, 1.807) is 25.1 Å². The number of alkyl halides is 2. The Bertz CT molecular complexity index is 1150. The predicted molar refractivity (Wildman–Crippen MR) is 114 cm³/mol. The first-order chi connectivity index (χ1) is 15.8. The first kappa shape index (κ1) is 24.3. The third kappa shape index (κ3) is 6.35. The van der Waals surface area contributed by atoms with Gasteiger partial charge in [0, 0.05) is 11.6 Å². The molecule has 2 aromatic heterocycles. The van der Waals surface area contributed by atoms with Crippen molar-refractivity contribution in [3.05, 3.63) is 57.2 Å². The number of halogens is 3. The lowest BCUT2D eigenvalue weighted by atomic mass is 10.1. The summed E-state index contributed by atoms with van der Waals surface area (Å²) in [7, 11) is 0. The van der Waals surface area contributed by atoms with Crippen molar-refractivity contribution in [3.63, 3.8) is 0 Å². The largest absolute Gasteiger partial charge is 0.475 e. The number of esters is 1. The van der Waals surface area contributed by atoms with Crippen molar-refractivity contribution >= 4 is 21.9 Å². The SMILES string of the molecule is CCOC(=O)Cn1cnc(OC[C@H](N)c2cc(-c3ccc(OC(F)F)cc3)no2)c(Br)c1=O. The van der Waals surface area contributed by atoms with Crippen molar-refractivity contribution in [2.24, 2.45) is 5.73 Å². The van der Waals surface area contributed by atoms with Crippen LogP contribution in [0, 0.1) is 0 Å². The van der Waals surface area contributed by atoms with E-state index in [2.05, 4.69) is 30.8 Å². The molecule has 0 spiro atoms. The number of hydrogen-bond acceptors (Lipinski definition) is 9. The van der Waals surface area contributed by atoms with E-state index in [9.17, 15) is 18.4 Å². The van der Waals surface area contributed by atoms with Gasteiger partial charge in [0.25, 0.3) is 5.56 Å². The molecule has 0 fully saturated rings. The number of aromatic nitrogens is 3. The Morgan fingerprint density at radius 2 is 2.03 bits per heavy atom. The molecule has 0 bridgehead atoms. The molecule has 0 radical (unpaired) electrons. The van der Waals surface area contributed by atoms with E-state index < -0.39 is 24.2 Å². The molecular formula is C20H19BrF2N4O6. The number of carbonyl (C=O) groups is 1. The van der Waals surface area contributed by atoms with E-state index >= 15 is 0 Å². The third-order valence-electron chi connectivity index (χ3n) is 4.22. The summed E-state index contributed by atoms with van der Waals surface area (Å²) in [5, 5.41) is 3.92.